The Hall–Kier alpha value is -1.02. The minimum atomic E-state index is -0.254. The third kappa shape index (κ3) is 2.56. The molecule has 0 aliphatic heterocycles. The summed E-state index contributed by atoms with van der Waals surface area (Å²) in [5.41, 5.74) is 8.41. The highest BCUT2D eigenvalue weighted by Crippen LogP contribution is 2.31. The van der Waals surface area contributed by atoms with Crippen molar-refractivity contribution in [1.29, 1.82) is 0 Å². The maximum atomic E-state index is 6.26. The molecule has 0 spiro atoms. The van der Waals surface area contributed by atoms with Crippen LogP contribution in [-0.2, 0) is 5.54 Å². The fraction of sp³-hybridized carbons (Fsp3) is 0.571. The van der Waals surface area contributed by atoms with Gasteiger partial charge in [0.1, 0.15) is 5.75 Å². The average Bonchev–Trinajstić information content (AvgIpc) is 2.28. The van der Waals surface area contributed by atoms with E-state index in [0.29, 0.717) is 5.92 Å². The molecule has 0 fully saturated rings. The second kappa shape index (κ2) is 4.88. The van der Waals surface area contributed by atoms with Gasteiger partial charge in [-0.1, -0.05) is 32.9 Å². The molecule has 1 rings (SSSR count). The number of ether oxygens (including phenoxy) is 1. The summed E-state index contributed by atoms with van der Waals surface area (Å²) in [5, 5.41) is 0. The van der Waals surface area contributed by atoms with E-state index in [1.807, 2.05) is 6.07 Å². The van der Waals surface area contributed by atoms with E-state index in [1.54, 1.807) is 7.11 Å². The molecule has 1 atom stereocenters. The SMILES string of the molecule is CCC(C)(N)c1ccc(OC)c(C(C)C)c1. The Labute approximate surface area is 98.8 Å². The molecule has 2 heteroatoms. The van der Waals surface area contributed by atoms with Gasteiger partial charge in [0, 0.05) is 5.54 Å². The molecule has 1 aromatic rings. The van der Waals surface area contributed by atoms with Crippen molar-refractivity contribution in [3.05, 3.63) is 29.3 Å². The number of nitrogens with two attached hydrogens (primary N) is 1. The van der Waals surface area contributed by atoms with Gasteiger partial charge in [0.05, 0.1) is 7.11 Å². The Morgan fingerprint density at radius 1 is 1.38 bits per heavy atom. The molecule has 0 bridgehead atoms. The summed E-state index contributed by atoms with van der Waals surface area (Å²) >= 11 is 0. The second-order valence-electron chi connectivity index (χ2n) is 4.88. The minimum Gasteiger partial charge on any atom is -0.496 e. The Morgan fingerprint density at radius 2 is 2.00 bits per heavy atom. The largest absolute Gasteiger partial charge is 0.496 e. The summed E-state index contributed by atoms with van der Waals surface area (Å²) in [6, 6.07) is 6.26. The van der Waals surface area contributed by atoms with Gasteiger partial charge in [-0.05, 0) is 36.5 Å². The predicted molar refractivity (Wildman–Crippen MR) is 68.9 cm³/mol. The first kappa shape index (κ1) is 13.0. The molecule has 2 nitrogen and oxygen atoms in total. The van der Waals surface area contributed by atoms with Crippen LogP contribution in [0.1, 0.15) is 51.2 Å². The molecular formula is C14H23NO. The molecule has 0 heterocycles. The molecule has 0 aliphatic rings. The predicted octanol–water partition coefficient (Wildman–Crippen LogP) is 3.40. The van der Waals surface area contributed by atoms with Crippen molar-refractivity contribution < 1.29 is 4.74 Å². The molecule has 0 amide bonds. The van der Waals surface area contributed by atoms with Crippen molar-refractivity contribution in [2.24, 2.45) is 5.73 Å². The Morgan fingerprint density at radius 3 is 2.44 bits per heavy atom. The first-order valence-electron chi connectivity index (χ1n) is 5.89. The van der Waals surface area contributed by atoms with E-state index >= 15 is 0 Å². The molecule has 16 heavy (non-hydrogen) atoms. The van der Waals surface area contributed by atoms with Crippen LogP contribution in [0.2, 0.25) is 0 Å². The van der Waals surface area contributed by atoms with Gasteiger partial charge in [0.15, 0.2) is 0 Å². The maximum absolute atomic E-state index is 6.26. The lowest BCUT2D eigenvalue weighted by Gasteiger charge is -2.25. The number of benzene rings is 1. The van der Waals surface area contributed by atoms with Crippen molar-refractivity contribution >= 4 is 0 Å². The summed E-state index contributed by atoms with van der Waals surface area (Å²) in [6.07, 6.45) is 0.927. The van der Waals surface area contributed by atoms with Gasteiger partial charge in [0.25, 0.3) is 0 Å². The van der Waals surface area contributed by atoms with Gasteiger partial charge in [-0.25, -0.2) is 0 Å². The zero-order valence-corrected chi connectivity index (χ0v) is 11.0. The lowest BCUT2D eigenvalue weighted by atomic mass is 9.87. The molecule has 1 aromatic carbocycles. The molecular weight excluding hydrogens is 198 g/mol. The van der Waals surface area contributed by atoms with Gasteiger partial charge in [-0.3, -0.25) is 0 Å². The lowest BCUT2D eigenvalue weighted by Crippen LogP contribution is -2.32. The van der Waals surface area contributed by atoms with Crippen molar-refractivity contribution in [1.82, 2.24) is 0 Å². The quantitative estimate of drug-likeness (QED) is 0.845. The number of hydrogen-bond donors (Lipinski definition) is 1. The third-order valence-corrected chi connectivity index (χ3v) is 3.25. The van der Waals surface area contributed by atoms with E-state index in [2.05, 4.69) is 39.8 Å². The van der Waals surface area contributed by atoms with Crippen LogP contribution >= 0.6 is 0 Å². The third-order valence-electron chi connectivity index (χ3n) is 3.25. The van der Waals surface area contributed by atoms with Crippen LogP contribution in [0.3, 0.4) is 0 Å². The van der Waals surface area contributed by atoms with Crippen LogP contribution in [0.5, 0.6) is 5.75 Å². The van der Waals surface area contributed by atoms with Gasteiger partial charge in [-0.2, -0.15) is 0 Å². The molecule has 0 aromatic heterocycles. The van der Waals surface area contributed by atoms with Crippen LogP contribution < -0.4 is 10.5 Å². The van der Waals surface area contributed by atoms with E-state index in [4.69, 9.17) is 10.5 Å². The first-order chi connectivity index (χ1) is 7.42. The summed E-state index contributed by atoms with van der Waals surface area (Å²) in [5.74, 6) is 1.40. The fourth-order valence-electron chi connectivity index (χ4n) is 1.74. The topological polar surface area (TPSA) is 35.2 Å². The fourth-order valence-corrected chi connectivity index (χ4v) is 1.74. The lowest BCUT2D eigenvalue weighted by molar-refractivity contribution is 0.405. The standard InChI is InChI=1S/C14H23NO/c1-6-14(4,15)11-7-8-13(16-5)12(9-11)10(2)3/h7-10H,6,15H2,1-5H3. The van der Waals surface area contributed by atoms with Crippen molar-refractivity contribution in [2.45, 2.75) is 45.6 Å². The highest BCUT2D eigenvalue weighted by molar-refractivity contribution is 5.41. The molecule has 0 radical (unpaired) electrons. The van der Waals surface area contributed by atoms with Crippen molar-refractivity contribution in [2.75, 3.05) is 7.11 Å². The first-order valence-corrected chi connectivity index (χ1v) is 5.89. The van der Waals surface area contributed by atoms with Crippen LogP contribution in [0.4, 0.5) is 0 Å². The highest BCUT2D eigenvalue weighted by Gasteiger charge is 2.20. The minimum absolute atomic E-state index is 0.254. The van der Waals surface area contributed by atoms with Crippen LogP contribution in [-0.4, -0.2) is 7.11 Å². The summed E-state index contributed by atoms with van der Waals surface area (Å²) in [6.45, 7) is 8.51. The zero-order chi connectivity index (χ0) is 12.3. The maximum Gasteiger partial charge on any atom is 0.122 e. The summed E-state index contributed by atoms with van der Waals surface area (Å²) < 4.78 is 5.37. The second-order valence-corrected chi connectivity index (χ2v) is 4.88. The smallest absolute Gasteiger partial charge is 0.122 e. The molecule has 0 aliphatic carbocycles. The Balaban J connectivity index is 3.22. The molecule has 1 unspecified atom stereocenters. The number of hydrogen-bond acceptors (Lipinski definition) is 2. The Kier molecular flexibility index (Phi) is 3.98. The average molecular weight is 221 g/mol. The van der Waals surface area contributed by atoms with Crippen molar-refractivity contribution in [3.63, 3.8) is 0 Å². The highest BCUT2D eigenvalue weighted by atomic mass is 16.5. The van der Waals surface area contributed by atoms with Gasteiger partial charge < -0.3 is 10.5 Å². The summed E-state index contributed by atoms with van der Waals surface area (Å²) in [4.78, 5) is 0. The van der Waals surface area contributed by atoms with E-state index in [0.717, 1.165) is 12.2 Å². The Bertz CT molecular complexity index is 356. The van der Waals surface area contributed by atoms with Crippen LogP contribution in [0.15, 0.2) is 18.2 Å². The normalized spacial score (nSPS) is 14.9. The number of rotatable bonds is 4. The van der Waals surface area contributed by atoms with E-state index < -0.39 is 0 Å². The van der Waals surface area contributed by atoms with Crippen molar-refractivity contribution in [3.8, 4) is 5.75 Å². The van der Waals surface area contributed by atoms with Crippen LogP contribution in [0, 0.1) is 0 Å². The van der Waals surface area contributed by atoms with Gasteiger partial charge in [-0.15, -0.1) is 0 Å². The summed E-state index contributed by atoms with van der Waals surface area (Å²) in [7, 11) is 1.71. The monoisotopic (exact) mass is 221 g/mol. The molecule has 0 saturated heterocycles. The zero-order valence-electron chi connectivity index (χ0n) is 11.0. The van der Waals surface area contributed by atoms with Gasteiger partial charge in [0.2, 0.25) is 0 Å². The van der Waals surface area contributed by atoms with Crippen LogP contribution in [0.25, 0.3) is 0 Å². The van der Waals surface area contributed by atoms with E-state index in [-0.39, 0.29) is 5.54 Å². The molecule has 2 N–H and O–H groups in total. The number of methoxy groups -OCH3 is 1. The molecule has 90 valence electrons. The van der Waals surface area contributed by atoms with E-state index in [1.165, 1.54) is 11.1 Å². The van der Waals surface area contributed by atoms with Gasteiger partial charge >= 0.3 is 0 Å². The molecule has 0 saturated carbocycles. The van der Waals surface area contributed by atoms with E-state index in [9.17, 15) is 0 Å².